The van der Waals surface area contributed by atoms with Gasteiger partial charge in [0.1, 0.15) is 11.6 Å². The number of hydrogen-bond acceptors (Lipinski definition) is 4. The molecule has 23 heavy (non-hydrogen) atoms. The number of aryl methyl sites for hydroxylation is 4. The molecule has 2 atom stereocenters. The third kappa shape index (κ3) is 3.30. The fourth-order valence-corrected chi connectivity index (χ4v) is 3.24. The molecule has 2 aromatic heterocycles. The third-order valence-electron chi connectivity index (χ3n) is 4.60. The number of amides is 1. The van der Waals surface area contributed by atoms with Crippen molar-refractivity contribution < 1.29 is 9.32 Å². The molecule has 0 aliphatic carbocycles. The average molecular weight is 316 g/mol. The monoisotopic (exact) mass is 316 g/mol. The molecule has 0 saturated heterocycles. The van der Waals surface area contributed by atoms with Gasteiger partial charge in [0, 0.05) is 36.7 Å². The first-order chi connectivity index (χ1) is 10.9. The summed E-state index contributed by atoms with van der Waals surface area (Å²) in [5.74, 6) is 1.92. The highest BCUT2D eigenvalue weighted by atomic mass is 16.5. The highest BCUT2D eigenvalue weighted by molar-refractivity contribution is 5.79. The number of carbonyl (C=O) groups is 1. The maximum atomic E-state index is 12.5. The summed E-state index contributed by atoms with van der Waals surface area (Å²) < 4.78 is 7.33. The van der Waals surface area contributed by atoms with Crippen molar-refractivity contribution in [1.82, 2.24) is 20.0 Å². The van der Waals surface area contributed by atoms with E-state index in [9.17, 15) is 4.79 Å². The van der Waals surface area contributed by atoms with Crippen molar-refractivity contribution in [3.05, 3.63) is 34.7 Å². The second-order valence-corrected chi connectivity index (χ2v) is 6.60. The van der Waals surface area contributed by atoms with Crippen LogP contribution in [0.15, 0.2) is 10.7 Å². The van der Waals surface area contributed by atoms with Crippen molar-refractivity contribution in [1.29, 1.82) is 0 Å². The number of fused-ring (bicyclic) bond motifs is 1. The zero-order valence-corrected chi connectivity index (χ0v) is 14.2. The molecule has 0 saturated carbocycles. The molecule has 0 bridgehead atoms. The van der Waals surface area contributed by atoms with Gasteiger partial charge in [-0.15, -0.1) is 0 Å². The topological polar surface area (TPSA) is 73.0 Å². The van der Waals surface area contributed by atoms with Gasteiger partial charge in [-0.3, -0.25) is 4.79 Å². The summed E-state index contributed by atoms with van der Waals surface area (Å²) in [5, 5.41) is 7.14. The van der Waals surface area contributed by atoms with Crippen molar-refractivity contribution in [2.24, 2.45) is 5.92 Å². The lowest BCUT2D eigenvalue weighted by molar-refractivity contribution is -0.125. The molecule has 0 radical (unpaired) electrons. The lowest BCUT2D eigenvalue weighted by atomic mass is 9.98. The van der Waals surface area contributed by atoms with Crippen LogP contribution in [0.4, 0.5) is 0 Å². The van der Waals surface area contributed by atoms with Crippen LogP contribution in [0.5, 0.6) is 0 Å². The Morgan fingerprint density at radius 3 is 2.96 bits per heavy atom. The van der Waals surface area contributed by atoms with Crippen molar-refractivity contribution in [2.45, 2.75) is 59.5 Å². The summed E-state index contributed by atoms with van der Waals surface area (Å²) in [6, 6.07) is 0.177. The van der Waals surface area contributed by atoms with E-state index in [4.69, 9.17) is 4.52 Å². The van der Waals surface area contributed by atoms with Crippen LogP contribution >= 0.6 is 0 Å². The van der Waals surface area contributed by atoms with Crippen LogP contribution in [0.2, 0.25) is 0 Å². The molecule has 6 nitrogen and oxygen atoms in total. The quantitative estimate of drug-likeness (QED) is 0.937. The number of nitrogens with one attached hydrogen (secondary N) is 1. The highest BCUT2D eigenvalue weighted by Gasteiger charge is 2.24. The van der Waals surface area contributed by atoms with Crippen LogP contribution < -0.4 is 5.32 Å². The molecule has 0 unspecified atom stereocenters. The van der Waals surface area contributed by atoms with E-state index in [0.29, 0.717) is 6.42 Å². The Morgan fingerprint density at radius 1 is 1.48 bits per heavy atom. The fourth-order valence-electron chi connectivity index (χ4n) is 3.24. The zero-order chi connectivity index (χ0) is 16.6. The summed E-state index contributed by atoms with van der Waals surface area (Å²) in [4.78, 5) is 17.0. The first-order valence-electron chi connectivity index (χ1n) is 8.18. The lowest BCUT2D eigenvalue weighted by Gasteiger charge is -2.26. The predicted molar refractivity (Wildman–Crippen MR) is 86.1 cm³/mol. The summed E-state index contributed by atoms with van der Waals surface area (Å²) >= 11 is 0. The lowest BCUT2D eigenvalue weighted by Crippen LogP contribution is -2.43. The highest BCUT2D eigenvalue weighted by Crippen LogP contribution is 2.19. The summed E-state index contributed by atoms with van der Waals surface area (Å²) in [5.41, 5.74) is 2.96. The number of nitrogens with zero attached hydrogens (tertiary/aromatic N) is 3. The Morgan fingerprint density at radius 2 is 2.26 bits per heavy atom. The van der Waals surface area contributed by atoms with Gasteiger partial charge in [-0.05, 0) is 33.6 Å². The van der Waals surface area contributed by atoms with Gasteiger partial charge in [0.15, 0.2) is 0 Å². The first kappa shape index (κ1) is 15.8. The minimum Gasteiger partial charge on any atom is -0.361 e. The van der Waals surface area contributed by atoms with Gasteiger partial charge in [-0.25, -0.2) is 4.98 Å². The van der Waals surface area contributed by atoms with Crippen molar-refractivity contribution >= 4 is 5.91 Å². The molecule has 0 spiro atoms. The molecule has 3 rings (SSSR count). The number of rotatable bonds is 4. The molecule has 1 aliphatic rings. The maximum Gasteiger partial charge on any atom is 0.223 e. The zero-order valence-electron chi connectivity index (χ0n) is 14.2. The van der Waals surface area contributed by atoms with Crippen LogP contribution in [0.25, 0.3) is 0 Å². The van der Waals surface area contributed by atoms with Crippen LogP contribution in [0.1, 0.15) is 41.9 Å². The van der Waals surface area contributed by atoms with Crippen molar-refractivity contribution in [3.8, 4) is 0 Å². The Balaban J connectivity index is 1.59. The molecule has 0 fully saturated rings. The van der Waals surface area contributed by atoms with Crippen LogP contribution in [-0.2, 0) is 24.2 Å². The van der Waals surface area contributed by atoms with Gasteiger partial charge >= 0.3 is 0 Å². The van der Waals surface area contributed by atoms with Crippen LogP contribution in [0, 0.1) is 26.7 Å². The average Bonchev–Trinajstić information content (AvgIpc) is 3.02. The van der Waals surface area contributed by atoms with E-state index >= 15 is 0 Å². The van der Waals surface area contributed by atoms with Crippen molar-refractivity contribution in [2.75, 3.05) is 0 Å². The largest absolute Gasteiger partial charge is 0.361 e. The summed E-state index contributed by atoms with van der Waals surface area (Å²) in [6.45, 7) is 8.58. The van der Waals surface area contributed by atoms with Crippen LogP contribution in [0.3, 0.4) is 0 Å². The van der Waals surface area contributed by atoms with Gasteiger partial charge in [-0.1, -0.05) is 12.1 Å². The number of carbonyl (C=O) groups excluding carboxylic acids is 1. The van der Waals surface area contributed by atoms with Gasteiger partial charge in [0.05, 0.1) is 11.4 Å². The molecule has 0 aromatic carbocycles. The summed E-state index contributed by atoms with van der Waals surface area (Å²) in [6.07, 6.45) is 4.58. The number of aromatic nitrogens is 3. The molecule has 6 heteroatoms. The van der Waals surface area contributed by atoms with E-state index in [1.165, 1.54) is 0 Å². The van der Waals surface area contributed by atoms with E-state index in [2.05, 4.69) is 26.2 Å². The SMILES string of the molecule is Cc1cn2c(n1)CC[C@H](NC(=O)[C@H](C)Cc1c(C)noc1C)C2. The standard InChI is InChI=1S/C17H24N4O2/c1-10(7-15-12(3)20-23-13(15)4)17(22)19-14-5-6-16-18-11(2)8-21(16)9-14/h8,10,14H,5-7,9H2,1-4H3,(H,19,22)/t10-,14+/m1/s1. The molecular weight excluding hydrogens is 292 g/mol. The van der Waals surface area contributed by atoms with E-state index in [0.717, 1.165) is 47.9 Å². The molecular formula is C17H24N4O2. The van der Waals surface area contributed by atoms with Gasteiger partial charge in [0.2, 0.25) is 5.91 Å². The first-order valence-corrected chi connectivity index (χ1v) is 8.18. The fraction of sp³-hybridized carbons (Fsp3) is 0.588. The summed E-state index contributed by atoms with van der Waals surface area (Å²) in [7, 11) is 0. The van der Waals surface area contributed by atoms with E-state index in [-0.39, 0.29) is 17.9 Å². The number of imidazole rings is 1. The predicted octanol–water partition coefficient (Wildman–Crippen LogP) is 2.11. The van der Waals surface area contributed by atoms with Gasteiger partial charge in [0.25, 0.3) is 0 Å². The molecule has 3 heterocycles. The molecule has 2 aromatic rings. The van der Waals surface area contributed by atoms with Gasteiger partial charge in [-0.2, -0.15) is 0 Å². The maximum absolute atomic E-state index is 12.5. The number of hydrogen-bond donors (Lipinski definition) is 1. The second kappa shape index (κ2) is 6.18. The Bertz CT molecular complexity index is 697. The molecule has 1 N–H and O–H groups in total. The normalized spacial score (nSPS) is 18.5. The van der Waals surface area contributed by atoms with E-state index < -0.39 is 0 Å². The third-order valence-corrected chi connectivity index (χ3v) is 4.60. The minimum atomic E-state index is -0.0993. The Kier molecular flexibility index (Phi) is 4.24. The molecule has 1 aliphatic heterocycles. The van der Waals surface area contributed by atoms with Crippen LogP contribution in [-0.4, -0.2) is 26.7 Å². The second-order valence-electron chi connectivity index (χ2n) is 6.60. The smallest absolute Gasteiger partial charge is 0.223 e. The van der Waals surface area contributed by atoms with E-state index in [1.54, 1.807) is 0 Å². The van der Waals surface area contributed by atoms with E-state index in [1.807, 2.05) is 27.7 Å². The Labute approximate surface area is 136 Å². The van der Waals surface area contributed by atoms with Gasteiger partial charge < -0.3 is 14.4 Å². The molecule has 1 amide bonds. The Hall–Kier alpha value is -2.11. The molecule has 124 valence electrons. The van der Waals surface area contributed by atoms with Crippen molar-refractivity contribution in [3.63, 3.8) is 0 Å². The minimum absolute atomic E-state index is 0.0929.